The molecule has 0 aliphatic carbocycles. The first-order chi connectivity index (χ1) is 9.30. The molecule has 0 fully saturated rings. The highest BCUT2D eigenvalue weighted by atomic mass is 16.3. The van der Waals surface area contributed by atoms with Gasteiger partial charge in [0.25, 0.3) is 0 Å². The van der Waals surface area contributed by atoms with E-state index in [-0.39, 0.29) is 6.61 Å². The Morgan fingerprint density at radius 3 is 2.84 bits per heavy atom. The van der Waals surface area contributed by atoms with E-state index in [1.165, 1.54) is 0 Å². The molecule has 2 rings (SSSR count). The summed E-state index contributed by atoms with van der Waals surface area (Å²) in [6.07, 6.45) is 2.94. The zero-order valence-corrected chi connectivity index (χ0v) is 11.3. The molecule has 3 nitrogen and oxygen atoms in total. The van der Waals surface area contributed by atoms with Crippen LogP contribution in [0.4, 0.5) is 5.82 Å². The highest BCUT2D eigenvalue weighted by Crippen LogP contribution is 2.26. The number of aliphatic hydroxyl groups is 1. The Bertz CT molecular complexity index is 566. The van der Waals surface area contributed by atoms with Crippen molar-refractivity contribution in [1.29, 1.82) is 0 Å². The van der Waals surface area contributed by atoms with Crippen molar-refractivity contribution in [1.82, 2.24) is 4.98 Å². The van der Waals surface area contributed by atoms with Gasteiger partial charge in [-0.3, -0.25) is 0 Å². The van der Waals surface area contributed by atoms with Gasteiger partial charge in [-0.2, -0.15) is 0 Å². The van der Waals surface area contributed by atoms with Gasteiger partial charge >= 0.3 is 0 Å². The maximum atomic E-state index is 9.36. The second kappa shape index (κ2) is 6.34. The number of pyridine rings is 1. The molecule has 0 unspecified atom stereocenters. The van der Waals surface area contributed by atoms with Crippen LogP contribution in [0.5, 0.6) is 0 Å². The predicted molar refractivity (Wildman–Crippen MR) is 80.4 cm³/mol. The smallest absolute Gasteiger partial charge is 0.137 e. The maximum absolute atomic E-state index is 9.36. The quantitative estimate of drug-likeness (QED) is 0.807. The topological polar surface area (TPSA) is 36.4 Å². The first kappa shape index (κ1) is 13.6. The number of hydrogen-bond acceptors (Lipinski definition) is 3. The number of benzene rings is 1. The molecule has 2 aromatic rings. The highest BCUT2D eigenvalue weighted by molar-refractivity contribution is 5.92. The van der Waals surface area contributed by atoms with Crippen LogP contribution >= 0.6 is 0 Å². The van der Waals surface area contributed by atoms with Crippen LogP contribution in [-0.4, -0.2) is 23.2 Å². The van der Waals surface area contributed by atoms with E-state index >= 15 is 0 Å². The molecule has 0 radical (unpaired) electrons. The molecule has 0 bridgehead atoms. The number of rotatable bonds is 6. The summed E-state index contributed by atoms with van der Waals surface area (Å²) < 4.78 is 0. The molecule has 0 spiro atoms. The van der Waals surface area contributed by atoms with Crippen molar-refractivity contribution in [2.45, 2.75) is 20.0 Å². The van der Waals surface area contributed by atoms with Gasteiger partial charge in [-0.25, -0.2) is 4.98 Å². The molecule has 1 heterocycles. The number of aliphatic hydroxyl groups excluding tert-OH is 1. The zero-order chi connectivity index (χ0) is 13.7. The van der Waals surface area contributed by atoms with Gasteiger partial charge in [0.05, 0.1) is 12.3 Å². The van der Waals surface area contributed by atoms with Gasteiger partial charge in [-0.1, -0.05) is 37.3 Å². The van der Waals surface area contributed by atoms with E-state index in [1.54, 1.807) is 0 Å². The zero-order valence-electron chi connectivity index (χ0n) is 11.3. The molecule has 0 aliphatic rings. The number of aromatic nitrogens is 1. The van der Waals surface area contributed by atoms with Crippen LogP contribution in [0.2, 0.25) is 0 Å². The van der Waals surface area contributed by atoms with Gasteiger partial charge in [-0.15, -0.1) is 6.58 Å². The Morgan fingerprint density at radius 2 is 2.16 bits per heavy atom. The van der Waals surface area contributed by atoms with Crippen LogP contribution in [0.25, 0.3) is 10.8 Å². The van der Waals surface area contributed by atoms with E-state index in [0.717, 1.165) is 36.1 Å². The fourth-order valence-electron chi connectivity index (χ4n) is 2.27. The summed E-state index contributed by atoms with van der Waals surface area (Å²) in [4.78, 5) is 6.79. The molecule has 0 amide bonds. The van der Waals surface area contributed by atoms with Gasteiger partial charge in [0.2, 0.25) is 0 Å². The summed E-state index contributed by atoms with van der Waals surface area (Å²) in [6, 6.07) is 10.1. The van der Waals surface area contributed by atoms with Gasteiger partial charge in [0.15, 0.2) is 0 Å². The number of hydrogen-bond donors (Lipinski definition) is 1. The normalized spacial score (nSPS) is 10.6. The van der Waals surface area contributed by atoms with Gasteiger partial charge in [0, 0.05) is 18.5 Å². The second-order valence-electron chi connectivity index (χ2n) is 4.55. The summed E-state index contributed by atoms with van der Waals surface area (Å²) in [7, 11) is 0. The second-order valence-corrected chi connectivity index (χ2v) is 4.55. The molecule has 0 saturated carbocycles. The van der Waals surface area contributed by atoms with Crippen molar-refractivity contribution in [2.75, 3.05) is 18.0 Å². The Morgan fingerprint density at radius 1 is 1.37 bits per heavy atom. The van der Waals surface area contributed by atoms with Crippen molar-refractivity contribution in [2.24, 2.45) is 0 Å². The van der Waals surface area contributed by atoms with Crippen molar-refractivity contribution in [3.63, 3.8) is 0 Å². The van der Waals surface area contributed by atoms with Crippen LogP contribution < -0.4 is 4.90 Å². The van der Waals surface area contributed by atoms with E-state index in [9.17, 15) is 5.11 Å². The van der Waals surface area contributed by atoms with Crippen LogP contribution in [0.15, 0.2) is 43.0 Å². The molecule has 1 aromatic heterocycles. The average Bonchev–Trinajstić information content (AvgIpc) is 2.46. The molecule has 1 N–H and O–H groups in total. The largest absolute Gasteiger partial charge is 0.390 e. The maximum Gasteiger partial charge on any atom is 0.137 e. The first-order valence-corrected chi connectivity index (χ1v) is 6.65. The average molecular weight is 256 g/mol. The highest BCUT2D eigenvalue weighted by Gasteiger charge is 2.11. The molecule has 19 heavy (non-hydrogen) atoms. The van der Waals surface area contributed by atoms with E-state index < -0.39 is 0 Å². The summed E-state index contributed by atoms with van der Waals surface area (Å²) in [6.45, 7) is 7.62. The van der Waals surface area contributed by atoms with Crippen molar-refractivity contribution < 1.29 is 5.11 Å². The van der Waals surface area contributed by atoms with E-state index in [1.807, 2.05) is 24.3 Å². The molecule has 0 aliphatic heterocycles. The van der Waals surface area contributed by atoms with Gasteiger partial charge < -0.3 is 10.0 Å². The lowest BCUT2D eigenvalue weighted by molar-refractivity contribution is 0.277. The molecule has 1 aromatic carbocycles. The summed E-state index contributed by atoms with van der Waals surface area (Å²) in [5, 5.41) is 11.6. The molecular formula is C16H20N2O. The summed E-state index contributed by atoms with van der Waals surface area (Å²) >= 11 is 0. The Hall–Kier alpha value is -1.87. The van der Waals surface area contributed by atoms with Crippen molar-refractivity contribution in [3.8, 4) is 0 Å². The standard InChI is InChI=1S/C16H20N2O/c1-3-9-18(10-4-2)16-15-8-6-5-7-13(15)11-14(12-19)17-16/h3,5-8,11,19H,1,4,9-10,12H2,2H3. The molecule has 3 heteroatoms. The minimum atomic E-state index is -0.0358. The van der Waals surface area contributed by atoms with Crippen molar-refractivity contribution >= 4 is 16.6 Å². The molecule has 0 saturated heterocycles. The number of nitrogens with zero attached hydrogens (tertiary/aromatic N) is 2. The lowest BCUT2D eigenvalue weighted by Crippen LogP contribution is -2.25. The van der Waals surface area contributed by atoms with Gasteiger partial charge in [-0.05, 0) is 17.9 Å². The fourth-order valence-corrected chi connectivity index (χ4v) is 2.27. The van der Waals surface area contributed by atoms with Crippen molar-refractivity contribution in [3.05, 3.63) is 48.7 Å². The lowest BCUT2D eigenvalue weighted by atomic mass is 10.1. The third-order valence-corrected chi connectivity index (χ3v) is 3.08. The van der Waals surface area contributed by atoms with E-state index in [0.29, 0.717) is 5.69 Å². The van der Waals surface area contributed by atoms with Crippen LogP contribution in [0, 0.1) is 0 Å². The fraction of sp³-hybridized carbons (Fsp3) is 0.312. The SMILES string of the molecule is C=CCN(CCC)c1nc(CO)cc2ccccc12. The first-order valence-electron chi connectivity index (χ1n) is 6.65. The lowest BCUT2D eigenvalue weighted by Gasteiger charge is -2.23. The number of fused-ring (bicyclic) bond motifs is 1. The Kier molecular flexibility index (Phi) is 4.53. The third-order valence-electron chi connectivity index (χ3n) is 3.08. The summed E-state index contributed by atoms with van der Waals surface area (Å²) in [5.41, 5.74) is 0.707. The van der Waals surface area contributed by atoms with Crippen LogP contribution in [-0.2, 0) is 6.61 Å². The Labute approximate surface area is 114 Å². The number of anilines is 1. The third kappa shape index (κ3) is 2.93. The monoisotopic (exact) mass is 256 g/mol. The minimum Gasteiger partial charge on any atom is -0.390 e. The van der Waals surface area contributed by atoms with Crippen LogP contribution in [0.1, 0.15) is 19.0 Å². The minimum absolute atomic E-state index is 0.0358. The molecule has 100 valence electrons. The predicted octanol–water partition coefficient (Wildman–Crippen LogP) is 3.13. The molecule has 0 atom stereocenters. The summed E-state index contributed by atoms with van der Waals surface area (Å²) in [5.74, 6) is 0.934. The van der Waals surface area contributed by atoms with Crippen LogP contribution in [0.3, 0.4) is 0 Å². The van der Waals surface area contributed by atoms with E-state index in [2.05, 4.69) is 35.5 Å². The Balaban J connectivity index is 2.57. The molecular weight excluding hydrogens is 236 g/mol. The van der Waals surface area contributed by atoms with Gasteiger partial charge in [0.1, 0.15) is 5.82 Å². The van der Waals surface area contributed by atoms with E-state index in [4.69, 9.17) is 0 Å².